The maximum absolute atomic E-state index is 12.2. The van der Waals surface area contributed by atoms with Crippen LogP contribution in [0, 0.1) is 5.92 Å². The number of nitrogens with zero attached hydrogens (tertiary/aromatic N) is 1. The summed E-state index contributed by atoms with van der Waals surface area (Å²) in [7, 11) is 0. The van der Waals surface area contributed by atoms with Crippen molar-refractivity contribution >= 4 is 11.9 Å². The minimum atomic E-state index is -1.25. The van der Waals surface area contributed by atoms with Gasteiger partial charge in [-0.25, -0.2) is 4.79 Å². The molecule has 2 unspecified atom stereocenters. The van der Waals surface area contributed by atoms with Crippen LogP contribution in [0.4, 0.5) is 0 Å². The van der Waals surface area contributed by atoms with Gasteiger partial charge in [0.2, 0.25) is 0 Å². The van der Waals surface area contributed by atoms with Gasteiger partial charge in [0.05, 0.1) is 11.8 Å². The minimum Gasteiger partial charge on any atom is -0.505 e. The lowest BCUT2D eigenvalue weighted by atomic mass is 9.76. The van der Waals surface area contributed by atoms with E-state index in [9.17, 15) is 19.8 Å². The van der Waals surface area contributed by atoms with Gasteiger partial charge in [0, 0.05) is 6.20 Å². The monoisotopic (exact) mass is 278 g/mol. The number of carboxylic acid groups (broad SMARTS) is 1. The Balaban J connectivity index is 2.23. The molecule has 1 heterocycles. The number of nitrogens with one attached hydrogen (secondary N) is 1. The molecule has 1 aliphatic carbocycles. The molecule has 0 bridgehead atoms. The molecular formula is C14H18N2O4. The topological polar surface area (TPSA) is 99.5 Å². The zero-order valence-corrected chi connectivity index (χ0v) is 11.3. The van der Waals surface area contributed by atoms with Crippen LogP contribution in [0.3, 0.4) is 0 Å². The Morgan fingerprint density at radius 1 is 1.50 bits per heavy atom. The number of aliphatic carboxylic acids is 1. The lowest BCUT2D eigenvalue weighted by Gasteiger charge is -2.37. The molecule has 1 aliphatic rings. The normalized spacial score (nSPS) is 25.9. The van der Waals surface area contributed by atoms with Crippen LogP contribution >= 0.6 is 0 Å². The molecule has 2 atom stereocenters. The van der Waals surface area contributed by atoms with Crippen LogP contribution in [-0.2, 0) is 4.79 Å². The van der Waals surface area contributed by atoms with Crippen LogP contribution in [0.2, 0.25) is 0 Å². The number of hydrogen-bond acceptors (Lipinski definition) is 4. The molecule has 0 aliphatic heterocycles. The quantitative estimate of drug-likeness (QED) is 0.779. The fraction of sp³-hybridized carbons (Fsp3) is 0.500. The zero-order chi connectivity index (χ0) is 14.8. The molecule has 0 aromatic carbocycles. The molecule has 6 heteroatoms. The number of carboxylic acids is 1. The molecule has 6 nitrogen and oxygen atoms in total. The molecule has 1 aromatic heterocycles. The van der Waals surface area contributed by atoms with E-state index < -0.39 is 17.4 Å². The van der Waals surface area contributed by atoms with Gasteiger partial charge in [-0.05, 0) is 24.8 Å². The van der Waals surface area contributed by atoms with E-state index in [1.807, 2.05) is 6.92 Å². The van der Waals surface area contributed by atoms with Crippen molar-refractivity contribution in [1.82, 2.24) is 10.3 Å². The van der Waals surface area contributed by atoms with Crippen LogP contribution in [-0.4, -0.2) is 32.6 Å². The van der Waals surface area contributed by atoms with E-state index >= 15 is 0 Å². The summed E-state index contributed by atoms with van der Waals surface area (Å²) in [5.41, 5.74) is -1.20. The summed E-state index contributed by atoms with van der Waals surface area (Å²) in [6.07, 6.45) is 5.07. The van der Waals surface area contributed by atoms with Crippen molar-refractivity contribution < 1.29 is 19.8 Å². The predicted molar refractivity (Wildman–Crippen MR) is 71.4 cm³/mol. The number of hydrogen-bond donors (Lipinski definition) is 3. The van der Waals surface area contributed by atoms with E-state index in [0.717, 1.165) is 19.0 Å². The van der Waals surface area contributed by atoms with E-state index in [-0.39, 0.29) is 17.2 Å². The average Bonchev–Trinajstić information content (AvgIpc) is 2.38. The molecule has 20 heavy (non-hydrogen) atoms. The van der Waals surface area contributed by atoms with E-state index in [2.05, 4.69) is 10.3 Å². The third-order valence-electron chi connectivity index (χ3n) is 3.80. The van der Waals surface area contributed by atoms with E-state index in [1.54, 1.807) is 0 Å². The first-order chi connectivity index (χ1) is 9.44. The van der Waals surface area contributed by atoms with Crippen molar-refractivity contribution in [3.8, 4) is 5.75 Å². The van der Waals surface area contributed by atoms with Gasteiger partial charge in [-0.15, -0.1) is 0 Å². The SMILES string of the molecule is CC1CCCC(NC(=O)c2ccncc2O)(C(=O)O)C1. The zero-order valence-electron chi connectivity index (χ0n) is 11.3. The summed E-state index contributed by atoms with van der Waals surface area (Å²) in [4.78, 5) is 27.5. The number of aromatic nitrogens is 1. The van der Waals surface area contributed by atoms with Crippen LogP contribution in [0.5, 0.6) is 5.75 Å². The van der Waals surface area contributed by atoms with Gasteiger partial charge < -0.3 is 15.5 Å². The van der Waals surface area contributed by atoms with Crippen LogP contribution in [0.15, 0.2) is 18.5 Å². The molecule has 1 saturated carbocycles. The highest BCUT2D eigenvalue weighted by molar-refractivity contribution is 5.99. The maximum atomic E-state index is 12.2. The Morgan fingerprint density at radius 2 is 2.25 bits per heavy atom. The van der Waals surface area contributed by atoms with Crippen LogP contribution in [0.25, 0.3) is 0 Å². The first-order valence-electron chi connectivity index (χ1n) is 6.63. The summed E-state index contributed by atoms with van der Waals surface area (Å²) in [6, 6.07) is 1.37. The highest BCUT2D eigenvalue weighted by Crippen LogP contribution is 2.33. The number of carbonyl (C=O) groups excluding carboxylic acids is 1. The third-order valence-corrected chi connectivity index (χ3v) is 3.80. The van der Waals surface area contributed by atoms with E-state index in [4.69, 9.17) is 0 Å². The summed E-state index contributed by atoms with van der Waals surface area (Å²) in [5.74, 6) is -1.62. The molecule has 108 valence electrons. The van der Waals surface area contributed by atoms with Crippen LogP contribution in [0.1, 0.15) is 43.0 Å². The Labute approximate surface area is 116 Å². The second kappa shape index (κ2) is 5.48. The average molecular weight is 278 g/mol. The highest BCUT2D eigenvalue weighted by atomic mass is 16.4. The van der Waals surface area contributed by atoms with E-state index in [0.29, 0.717) is 12.8 Å². The standard InChI is InChI=1S/C14H18N2O4/c1-9-3-2-5-14(7-9,13(19)20)16-12(18)10-4-6-15-8-11(10)17/h4,6,8-9,17H,2-3,5,7H2,1H3,(H,16,18)(H,19,20). The van der Waals surface area contributed by atoms with Crippen molar-refractivity contribution in [2.75, 3.05) is 0 Å². The molecule has 1 amide bonds. The van der Waals surface area contributed by atoms with Crippen molar-refractivity contribution in [1.29, 1.82) is 0 Å². The van der Waals surface area contributed by atoms with Crippen molar-refractivity contribution in [3.63, 3.8) is 0 Å². The Bertz CT molecular complexity index is 532. The fourth-order valence-corrected chi connectivity index (χ4v) is 2.78. The lowest BCUT2D eigenvalue weighted by molar-refractivity contribution is -0.146. The first-order valence-corrected chi connectivity index (χ1v) is 6.63. The van der Waals surface area contributed by atoms with E-state index in [1.165, 1.54) is 12.3 Å². The second-order valence-electron chi connectivity index (χ2n) is 5.44. The molecule has 1 aromatic rings. The van der Waals surface area contributed by atoms with Gasteiger partial charge in [0.15, 0.2) is 0 Å². The Hall–Kier alpha value is -2.11. The maximum Gasteiger partial charge on any atom is 0.329 e. The molecule has 0 saturated heterocycles. The summed E-state index contributed by atoms with van der Waals surface area (Å²) < 4.78 is 0. The smallest absolute Gasteiger partial charge is 0.329 e. The number of pyridine rings is 1. The predicted octanol–water partition coefficient (Wildman–Crippen LogP) is 1.55. The number of rotatable bonds is 3. The number of aromatic hydroxyl groups is 1. The molecule has 0 radical (unpaired) electrons. The third kappa shape index (κ3) is 2.74. The highest BCUT2D eigenvalue weighted by Gasteiger charge is 2.43. The summed E-state index contributed by atoms with van der Waals surface area (Å²) in [5, 5.41) is 21.7. The molecule has 2 rings (SSSR count). The van der Waals surface area contributed by atoms with Crippen LogP contribution < -0.4 is 5.32 Å². The van der Waals surface area contributed by atoms with Crippen molar-refractivity contribution in [2.24, 2.45) is 5.92 Å². The molecule has 0 spiro atoms. The molecule has 3 N–H and O–H groups in total. The molecular weight excluding hydrogens is 260 g/mol. The summed E-state index contributed by atoms with van der Waals surface area (Å²) >= 11 is 0. The Morgan fingerprint density at radius 3 is 2.85 bits per heavy atom. The van der Waals surface area contributed by atoms with Gasteiger partial charge in [0.25, 0.3) is 5.91 Å². The first kappa shape index (κ1) is 14.3. The largest absolute Gasteiger partial charge is 0.505 e. The lowest BCUT2D eigenvalue weighted by Crippen LogP contribution is -2.56. The minimum absolute atomic E-state index is 0.0406. The van der Waals surface area contributed by atoms with Gasteiger partial charge >= 0.3 is 5.97 Å². The van der Waals surface area contributed by atoms with Gasteiger partial charge in [-0.2, -0.15) is 0 Å². The Kier molecular flexibility index (Phi) is 3.92. The number of carbonyl (C=O) groups is 2. The van der Waals surface area contributed by atoms with Crippen molar-refractivity contribution in [3.05, 3.63) is 24.0 Å². The summed E-state index contributed by atoms with van der Waals surface area (Å²) in [6.45, 7) is 1.98. The number of amides is 1. The molecule has 1 fully saturated rings. The second-order valence-corrected chi connectivity index (χ2v) is 5.44. The van der Waals surface area contributed by atoms with Gasteiger partial charge in [-0.3, -0.25) is 9.78 Å². The van der Waals surface area contributed by atoms with Crippen molar-refractivity contribution in [2.45, 2.75) is 38.1 Å². The fourth-order valence-electron chi connectivity index (χ4n) is 2.78. The van der Waals surface area contributed by atoms with Gasteiger partial charge in [-0.1, -0.05) is 19.8 Å². The van der Waals surface area contributed by atoms with Gasteiger partial charge in [0.1, 0.15) is 11.3 Å².